The van der Waals surface area contributed by atoms with E-state index in [1.54, 1.807) is 24.3 Å². The molecular formula is C24H23F3N4O. The van der Waals surface area contributed by atoms with E-state index in [-0.39, 0.29) is 0 Å². The Labute approximate surface area is 184 Å². The largest absolute Gasteiger partial charge is 0.417 e. The topological polar surface area (TPSA) is 58.1 Å². The second-order valence-electron chi connectivity index (χ2n) is 7.75. The maximum Gasteiger partial charge on any atom is 0.417 e. The lowest BCUT2D eigenvalue weighted by atomic mass is 10.1. The number of aromatic nitrogens is 2. The molecule has 0 aliphatic carbocycles. The molecule has 8 heteroatoms. The van der Waals surface area contributed by atoms with Crippen LogP contribution in [0.25, 0.3) is 11.3 Å². The standard InChI is InChI=1S/C24H23F3N4O/c25-24(26,27)20-8-4-3-7-19(20)23(32)28-18-11-9-17(10-12-18)21-13-14-22(30-29-21)31-15-5-1-2-6-16-31/h3-4,7-14H,1-2,5-6,15-16H2,(H,28,32). The lowest BCUT2D eigenvalue weighted by molar-refractivity contribution is -0.137. The molecule has 2 heterocycles. The van der Waals surface area contributed by atoms with Crippen molar-refractivity contribution in [3.63, 3.8) is 0 Å². The number of benzene rings is 2. The Bertz CT molecular complexity index is 1060. The van der Waals surface area contributed by atoms with Gasteiger partial charge in [0.05, 0.1) is 16.8 Å². The highest BCUT2D eigenvalue weighted by Gasteiger charge is 2.34. The summed E-state index contributed by atoms with van der Waals surface area (Å²) in [6.07, 6.45) is 0.198. The normalized spacial score (nSPS) is 14.7. The molecular weight excluding hydrogens is 417 g/mol. The Morgan fingerprint density at radius 3 is 2.16 bits per heavy atom. The summed E-state index contributed by atoms with van der Waals surface area (Å²) in [5.74, 6) is 0.0510. The maximum atomic E-state index is 13.2. The zero-order chi connectivity index (χ0) is 22.6. The number of rotatable bonds is 4. The predicted molar refractivity (Wildman–Crippen MR) is 118 cm³/mol. The number of hydrogen-bond acceptors (Lipinski definition) is 4. The van der Waals surface area contributed by atoms with Gasteiger partial charge in [-0.05, 0) is 49.2 Å². The van der Waals surface area contributed by atoms with Crippen molar-refractivity contribution in [3.8, 4) is 11.3 Å². The first kappa shape index (κ1) is 21.8. The van der Waals surface area contributed by atoms with Gasteiger partial charge in [-0.15, -0.1) is 10.2 Å². The van der Waals surface area contributed by atoms with Crippen LogP contribution in [0, 0.1) is 0 Å². The fourth-order valence-corrected chi connectivity index (χ4v) is 3.80. The van der Waals surface area contributed by atoms with Crippen LogP contribution in [0.15, 0.2) is 60.7 Å². The molecule has 1 fully saturated rings. The summed E-state index contributed by atoms with van der Waals surface area (Å²) in [6, 6.07) is 15.3. The second-order valence-corrected chi connectivity index (χ2v) is 7.75. The van der Waals surface area contributed by atoms with Crippen molar-refractivity contribution in [1.29, 1.82) is 0 Å². The van der Waals surface area contributed by atoms with Gasteiger partial charge in [-0.3, -0.25) is 4.79 Å². The minimum absolute atomic E-state index is 0.393. The molecule has 1 amide bonds. The molecule has 0 unspecified atom stereocenters. The average molecular weight is 440 g/mol. The summed E-state index contributed by atoms with van der Waals surface area (Å²) >= 11 is 0. The SMILES string of the molecule is O=C(Nc1ccc(-c2ccc(N3CCCCCC3)nn2)cc1)c1ccccc1C(F)(F)F. The number of carbonyl (C=O) groups excluding carboxylic acids is 1. The van der Waals surface area contributed by atoms with E-state index in [0.717, 1.165) is 49.4 Å². The zero-order valence-corrected chi connectivity index (χ0v) is 17.4. The molecule has 3 aromatic rings. The van der Waals surface area contributed by atoms with Gasteiger partial charge in [0.15, 0.2) is 5.82 Å². The van der Waals surface area contributed by atoms with E-state index in [9.17, 15) is 18.0 Å². The second kappa shape index (κ2) is 9.38. The van der Waals surface area contributed by atoms with E-state index in [2.05, 4.69) is 20.4 Å². The maximum absolute atomic E-state index is 13.2. The molecule has 1 aromatic heterocycles. The van der Waals surface area contributed by atoms with E-state index in [1.165, 1.54) is 25.0 Å². The van der Waals surface area contributed by atoms with Gasteiger partial charge in [0, 0.05) is 24.3 Å². The summed E-state index contributed by atoms with van der Waals surface area (Å²) in [5.41, 5.74) is 0.496. The smallest absolute Gasteiger partial charge is 0.355 e. The molecule has 0 spiro atoms. The van der Waals surface area contributed by atoms with Crippen LogP contribution in [0.1, 0.15) is 41.6 Å². The third-order valence-electron chi connectivity index (χ3n) is 5.50. The number of carbonyl (C=O) groups is 1. The van der Waals surface area contributed by atoms with Crippen LogP contribution in [0.2, 0.25) is 0 Å². The van der Waals surface area contributed by atoms with Crippen LogP contribution < -0.4 is 10.2 Å². The zero-order valence-electron chi connectivity index (χ0n) is 17.4. The highest BCUT2D eigenvalue weighted by Crippen LogP contribution is 2.32. The molecule has 166 valence electrons. The summed E-state index contributed by atoms with van der Waals surface area (Å²) in [4.78, 5) is 14.7. The monoisotopic (exact) mass is 440 g/mol. The fourth-order valence-electron chi connectivity index (χ4n) is 3.80. The first-order valence-corrected chi connectivity index (χ1v) is 10.6. The van der Waals surface area contributed by atoms with Gasteiger partial charge in [-0.1, -0.05) is 37.1 Å². The van der Waals surface area contributed by atoms with E-state index in [1.807, 2.05) is 12.1 Å². The number of anilines is 2. The Balaban J connectivity index is 1.45. The van der Waals surface area contributed by atoms with Crippen LogP contribution in [-0.2, 0) is 6.18 Å². The van der Waals surface area contributed by atoms with E-state index < -0.39 is 23.2 Å². The highest BCUT2D eigenvalue weighted by atomic mass is 19.4. The Morgan fingerprint density at radius 2 is 1.53 bits per heavy atom. The molecule has 4 rings (SSSR count). The van der Waals surface area contributed by atoms with Crippen molar-refractivity contribution >= 4 is 17.4 Å². The Morgan fingerprint density at radius 1 is 0.844 bits per heavy atom. The van der Waals surface area contributed by atoms with E-state index >= 15 is 0 Å². The summed E-state index contributed by atoms with van der Waals surface area (Å²) < 4.78 is 39.5. The molecule has 1 aliphatic heterocycles. The molecule has 5 nitrogen and oxygen atoms in total. The molecule has 32 heavy (non-hydrogen) atoms. The van der Waals surface area contributed by atoms with Gasteiger partial charge in [0.25, 0.3) is 5.91 Å². The third kappa shape index (κ3) is 5.07. The van der Waals surface area contributed by atoms with Gasteiger partial charge in [-0.25, -0.2) is 0 Å². The number of halogens is 3. The molecule has 0 bridgehead atoms. The number of nitrogens with one attached hydrogen (secondary N) is 1. The molecule has 2 aromatic carbocycles. The van der Waals surface area contributed by atoms with Crippen molar-refractivity contribution in [2.75, 3.05) is 23.3 Å². The minimum atomic E-state index is -4.60. The van der Waals surface area contributed by atoms with Gasteiger partial charge in [0.2, 0.25) is 0 Å². The predicted octanol–water partition coefficient (Wildman–Crippen LogP) is 5.80. The van der Waals surface area contributed by atoms with Crippen molar-refractivity contribution in [3.05, 3.63) is 71.8 Å². The van der Waals surface area contributed by atoms with Crippen LogP contribution in [0.3, 0.4) is 0 Å². The molecule has 1 N–H and O–H groups in total. The van der Waals surface area contributed by atoms with E-state index in [0.29, 0.717) is 11.4 Å². The first-order chi connectivity index (χ1) is 15.4. The quantitative estimate of drug-likeness (QED) is 0.558. The molecule has 1 saturated heterocycles. The lowest BCUT2D eigenvalue weighted by Gasteiger charge is -2.20. The summed E-state index contributed by atoms with van der Waals surface area (Å²) in [5, 5.41) is 11.2. The first-order valence-electron chi connectivity index (χ1n) is 10.6. The van der Waals surface area contributed by atoms with Crippen LogP contribution in [0.5, 0.6) is 0 Å². The third-order valence-corrected chi connectivity index (χ3v) is 5.50. The number of nitrogens with zero attached hydrogens (tertiary/aromatic N) is 3. The van der Waals surface area contributed by atoms with Crippen LogP contribution >= 0.6 is 0 Å². The van der Waals surface area contributed by atoms with Gasteiger partial charge in [0.1, 0.15) is 0 Å². The van der Waals surface area contributed by atoms with Crippen LogP contribution in [0.4, 0.5) is 24.7 Å². The molecule has 0 radical (unpaired) electrons. The molecule has 0 saturated carbocycles. The lowest BCUT2D eigenvalue weighted by Crippen LogP contribution is -2.25. The van der Waals surface area contributed by atoms with Crippen molar-refractivity contribution in [2.24, 2.45) is 0 Å². The number of amides is 1. The highest BCUT2D eigenvalue weighted by molar-refractivity contribution is 6.05. The molecule has 0 atom stereocenters. The van der Waals surface area contributed by atoms with Gasteiger partial charge < -0.3 is 10.2 Å². The fraction of sp³-hybridized carbons (Fsp3) is 0.292. The Kier molecular flexibility index (Phi) is 6.39. The Hall–Kier alpha value is -3.42. The molecule has 1 aliphatic rings. The number of hydrogen-bond donors (Lipinski definition) is 1. The number of alkyl halides is 3. The van der Waals surface area contributed by atoms with Crippen LogP contribution in [-0.4, -0.2) is 29.2 Å². The minimum Gasteiger partial charge on any atom is -0.355 e. The van der Waals surface area contributed by atoms with Crippen molar-refractivity contribution in [2.45, 2.75) is 31.9 Å². The van der Waals surface area contributed by atoms with Gasteiger partial charge >= 0.3 is 6.18 Å². The average Bonchev–Trinajstić information content (AvgIpc) is 3.09. The summed E-state index contributed by atoms with van der Waals surface area (Å²) in [6.45, 7) is 1.97. The van der Waals surface area contributed by atoms with Crippen molar-refractivity contribution in [1.82, 2.24) is 10.2 Å². The van der Waals surface area contributed by atoms with Crippen molar-refractivity contribution < 1.29 is 18.0 Å². The van der Waals surface area contributed by atoms with E-state index in [4.69, 9.17) is 0 Å². The van der Waals surface area contributed by atoms with Gasteiger partial charge in [-0.2, -0.15) is 13.2 Å². The summed E-state index contributed by atoms with van der Waals surface area (Å²) in [7, 11) is 0.